The molecule has 0 heterocycles. The summed E-state index contributed by atoms with van der Waals surface area (Å²) in [4.78, 5) is 24.7. The molecule has 7 nitrogen and oxygen atoms in total. The van der Waals surface area contributed by atoms with Crippen LogP contribution in [0.5, 0.6) is 17.2 Å². The van der Waals surface area contributed by atoms with E-state index in [1.165, 1.54) is 27.4 Å². The first-order valence-corrected chi connectivity index (χ1v) is 8.82. The van der Waals surface area contributed by atoms with Gasteiger partial charge in [0.2, 0.25) is 0 Å². The Morgan fingerprint density at radius 2 is 1.81 bits per heavy atom. The average Bonchev–Trinajstić information content (AvgIpc) is 2.68. The van der Waals surface area contributed by atoms with Crippen molar-refractivity contribution < 1.29 is 28.5 Å². The highest BCUT2D eigenvalue weighted by molar-refractivity contribution is 9.10. The Morgan fingerprint density at radius 1 is 1.07 bits per heavy atom. The van der Waals surface area contributed by atoms with E-state index in [2.05, 4.69) is 21.2 Å². The number of nitrogens with one attached hydrogen (secondary N) is 1. The van der Waals surface area contributed by atoms with Crippen LogP contribution in [-0.4, -0.2) is 39.8 Å². The lowest BCUT2D eigenvalue weighted by atomic mass is 10.1. The number of rotatable bonds is 7. The van der Waals surface area contributed by atoms with Crippen LogP contribution in [-0.2, 0) is 4.74 Å². The zero-order valence-corrected chi connectivity index (χ0v) is 17.0. The highest BCUT2D eigenvalue weighted by Crippen LogP contribution is 2.37. The van der Waals surface area contributed by atoms with Gasteiger partial charge in [-0.15, -0.1) is 0 Å². The van der Waals surface area contributed by atoms with Crippen LogP contribution in [0.4, 0.5) is 5.69 Å². The number of benzene rings is 2. The maximum atomic E-state index is 12.7. The van der Waals surface area contributed by atoms with Gasteiger partial charge in [0.05, 0.1) is 43.7 Å². The molecule has 0 aliphatic carbocycles. The zero-order valence-electron chi connectivity index (χ0n) is 15.4. The standard InChI is InChI=1S/C19H20BrNO6/c1-5-27-17-14(20)8-11(9-16(17)25-3)18(22)21-15-7-6-12(24-2)10-13(15)19(23)26-4/h6-10H,5H2,1-4H3,(H,21,22). The number of anilines is 1. The molecule has 0 saturated heterocycles. The molecular weight excluding hydrogens is 418 g/mol. The Morgan fingerprint density at radius 3 is 2.41 bits per heavy atom. The molecular formula is C19H20BrNO6. The first-order valence-electron chi connectivity index (χ1n) is 8.03. The van der Waals surface area contributed by atoms with Gasteiger partial charge in [-0.3, -0.25) is 4.79 Å². The fraction of sp³-hybridized carbons (Fsp3) is 0.263. The molecule has 1 amide bonds. The number of carbonyl (C=O) groups is 2. The van der Waals surface area contributed by atoms with E-state index in [1.54, 1.807) is 24.3 Å². The van der Waals surface area contributed by atoms with Crippen molar-refractivity contribution in [1.82, 2.24) is 0 Å². The molecule has 0 fully saturated rings. The predicted octanol–water partition coefficient (Wildman–Crippen LogP) is 3.90. The van der Waals surface area contributed by atoms with Crippen molar-refractivity contribution in [1.29, 1.82) is 0 Å². The molecule has 0 aromatic heterocycles. The molecule has 0 aliphatic heterocycles. The van der Waals surface area contributed by atoms with Gasteiger partial charge in [-0.1, -0.05) is 0 Å². The third-order valence-electron chi connectivity index (χ3n) is 3.66. The van der Waals surface area contributed by atoms with Gasteiger partial charge in [0, 0.05) is 5.56 Å². The van der Waals surface area contributed by atoms with Gasteiger partial charge < -0.3 is 24.3 Å². The molecule has 27 heavy (non-hydrogen) atoms. The molecule has 0 spiro atoms. The molecule has 2 aromatic rings. The van der Waals surface area contributed by atoms with Gasteiger partial charge in [0.15, 0.2) is 11.5 Å². The summed E-state index contributed by atoms with van der Waals surface area (Å²) < 4.78 is 21.3. The van der Waals surface area contributed by atoms with Gasteiger partial charge in [-0.2, -0.15) is 0 Å². The monoisotopic (exact) mass is 437 g/mol. The second-order valence-electron chi connectivity index (χ2n) is 5.28. The number of methoxy groups -OCH3 is 3. The smallest absolute Gasteiger partial charge is 0.340 e. The van der Waals surface area contributed by atoms with Crippen LogP contribution in [0, 0.1) is 0 Å². The fourth-order valence-corrected chi connectivity index (χ4v) is 2.92. The van der Waals surface area contributed by atoms with Gasteiger partial charge in [0.1, 0.15) is 5.75 Å². The van der Waals surface area contributed by atoms with Crippen LogP contribution in [0.15, 0.2) is 34.8 Å². The van der Waals surface area contributed by atoms with Gasteiger partial charge in [0.25, 0.3) is 5.91 Å². The summed E-state index contributed by atoms with van der Waals surface area (Å²) >= 11 is 3.39. The molecule has 0 bridgehead atoms. The Hall–Kier alpha value is -2.74. The lowest BCUT2D eigenvalue weighted by Gasteiger charge is -2.14. The third-order valence-corrected chi connectivity index (χ3v) is 4.25. The van der Waals surface area contributed by atoms with E-state index >= 15 is 0 Å². The van der Waals surface area contributed by atoms with E-state index in [-0.39, 0.29) is 5.56 Å². The molecule has 1 N–H and O–H groups in total. The number of ether oxygens (including phenoxy) is 4. The molecule has 0 saturated carbocycles. The normalized spacial score (nSPS) is 10.1. The van der Waals surface area contributed by atoms with Crippen molar-refractivity contribution in [2.45, 2.75) is 6.92 Å². The molecule has 0 radical (unpaired) electrons. The topological polar surface area (TPSA) is 83.1 Å². The van der Waals surface area contributed by atoms with Gasteiger partial charge >= 0.3 is 5.97 Å². The zero-order chi connectivity index (χ0) is 20.0. The van der Waals surface area contributed by atoms with Crippen LogP contribution in [0.3, 0.4) is 0 Å². The third kappa shape index (κ3) is 4.71. The number of hydrogen-bond donors (Lipinski definition) is 1. The second kappa shape index (κ2) is 9.27. The molecule has 8 heteroatoms. The highest BCUT2D eigenvalue weighted by atomic mass is 79.9. The van der Waals surface area contributed by atoms with Crippen molar-refractivity contribution in [2.75, 3.05) is 33.3 Å². The Labute approximate surface area is 165 Å². The van der Waals surface area contributed by atoms with Crippen molar-refractivity contribution in [3.05, 3.63) is 45.9 Å². The van der Waals surface area contributed by atoms with Crippen LogP contribution >= 0.6 is 15.9 Å². The second-order valence-corrected chi connectivity index (χ2v) is 6.13. The summed E-state index contributed by atoms with van der Waals surface area (Å²) in [5.41, 5.74) is 0.813. The SMILES string of the molecule is CCOc1c(Br)cc(C(=O)Nc2ccc(OC)cc2C(=O)OC)cc1OC. The van der Waals surface area contributed by atoms with Crippen molar-refractivity contribution in [2.24, 2.45) is 0 Å². The largest absolute Gasteiger partial charge is 0.497 e. The molecule has 144 valence electrons. The highest BCUT2D eigenvalue weighted by Gasteiger charge is 2.19. The summed E-state index contributed by atoms with van der Waals surface area (Å²) in [6.07, 6.45) is 0. The van der Waals surface area contributed by atoms with Crippen molar-refractivity contribution in [3.63, 3.8) is 0 Å². The first kappa shape index (κ1) is 20.6. The van der Waals surface area contributed by atoms with Crippen molar-refractivity contribution in [3.8, 4) is 17.2 Å². The quantitative estimate of drug-likeness (QED) is 0.661. The molecule has 0 unspecified atom stereocenters. The van der Waals surface area contributed by atoms with Gasteiger partial charge in [-0.25, -0.2) is 4.79 Å². The number of esters is 1. The maximum absolute atomic E-state index is 12.7. The molecule has 2 rings (SSSR count). The summed E-state index contributed by atoms with van der Waals surface area (Å²) in [5.74, 6) is 0.386. The van der Waals surface area contributed by atoms with E-state index < -0.39 is 11.9 Å². The van der Waals surface area contributed by atoms with Crippen LogP contribution in [0.25, 0.3) is 0 Å². The predicted molar refractivity (Wildman–Crippen MR) is 104 cm³/mol. The van der Waals surface area contributed by atoms with E-state index in [1.807, 2.05) is 6.92 Å². The van der Waals surface area contributed by atoms with Crippen LogP contribution < -0.4 is 19.5 Å². The minimum Gasteiger partial charge on any atom is -0.497 e. The summed E-state index contributed by atoms with van der Waals surface area (Å²) in [6.45, 7) is 2.30. The van der Waals surface area contributed by atoms with Gasteiger partial charge in [-0.05, 0) is 53.2 Å². The van der Waals surface area contributed by atoms with Crippen molar-refractivity contribution >= 4 is 33.5 Å². The van der Waals surface area contributed by atoms with E-state index in [0.29, 0.717) is 39.6 Å². The molecule has 0 aliphatic rings. The lowest BCUT2D eigenvalue weighted by molar-refractivity contribution is 0.0601. The lowest BCUT2D eigenvalue weighted by Crippen LogP contribution is -2.16. The molecule has 2 aromatic carbocycles. The fourth-order valence-electron chi connectivity index (χ4n) is 2.37. The first-order chi connectivity index (χ1) is 12.9. The van der Waals surface area contributed by atoms with Crippen LogP contribution in [0.1, 0.15) is 27.6 Å². The number of amides is 1. The number of carbonyl (C=O) groups excluding carboxylic acids is 2. The summed E-state index contributed by atoms with van der Waals surface area (Å²) in [6, 6.07) is 7.88. The Bertz CT molecular complexity index is 852. The summed E-state index contributed by atoms with van der Waals surface area (Å²) in [5, 5.41) is 2.71. The van der Waals surface area contributed by atoms with E-state index in [9.17, 15) is 9.59 Å². The Balaban J connectivity index is 2.37. The minimum atomic E-state index is -0.588. The summed E-state index contributed by atoms with van der Waals surface area (Å²) in [7, 11) is 4.24. The number of hydrogen-bond acceptors (Lipinski definition) is 6. The van der Waals surface area contributed by atoms with E-state index in [0.717, 1.165) is 0 Å². The van der Waals surface area contributed by atoms with Crippen LogP contribution in [0.2, 0.25) is 0 Å². The Kier molecular flexibility index (Phi) is 7.06. The average molecular weight is 438 g/mol. The number of halogens is 1. The minimum absolute atomic E-state index is 0.183. The van der Waals surface area contributed by atoms with E-state index in [4.69, 9.17) is 18.9 Å². The maximum Gasteiger partial charge on any atom is 0.340 e. The molecule has 0 atom stereocenters.